The van der Waals surface area contributed by atoms with Gasteiger partial charge in [0.2, 0.25) is 0 Å². The van der Waals surface area contributed by atoms with Crippen molar-refractivity contribution in [1.82, 2.24) is 0 Å². The van der Waals surface area contributed by atoms with Crippen LogP contribution in [-0.2, 0) is 65.4 Å². The first kappa shape index (κ1) is 89.1. The van der Waals surface area contributed by atoms with Gasteiger partial charge in [0.25, 0.3) is 0 Å². The van der Waals surface area contributed by atoms with Gasteiger partial charge >= 0.3 is 39.5 Å². The molecule has 0 saturated heterocycles. The minimum atomic E-state index is -4.95. The fourth-order valence-electron chi connectivity index (χ4n) is 11.0. The third-order valence-corrected chi connectivity index (χ3v) is 18.7. The maximum atomic E-state index is 13.0. The molecule has 19 heteroatoms. The Morgan fingerprint density at radius 2 is 0.505 bits per heavy atom. The molecule has 0 fully saturated rings. The summed E-state index contributed by atoms with van der Waals surface area (Å²) in [7, 11) is -9.90. The molecule has 540 valence electrons. The Kier molecular flexibility index (Phi) is 64.0. The van der Waals surface area contributed by atoms with E-state index in [-0.39, 0.29) is 25.7 Å². The van der Waals surface area contributed by atoms with Crippen LogP contribution >= 0.6 is 15.6 Å². The summed E-state index contributed by atoms with van der Waals surface area (Å²) in [6, 6.07) is 0. The van der Waals surface area contributed by atoms with Crippen LogP contribution in [0.3, 0.4) is 0 Å². The molecule has 0 bridgehead atoms. The van der Waals surface area contributed by atoms with Gasteiger partial charge in [-0.05, 0) is 31.6 Å². The number of aliphatic hydroxyl groups is 1. The zero-order valence-corrected chi connectivity index (χ0v) is 60.8. The van der Waals surface area contributed by atoms with Gasteiger partial charge in [-0.1, -0.05) is 324 Å². The lowest BCUT2D eigenvalue weighted by molar-refractivity contribution is -0.161. The molecule has 0 aromatic heterocycles. The van der Waals surface area contributed by atoms with Gasteiger partial charge < -0.3 is 33.8 Å². The van der Waals surface area contributed by atoms with Gasteiger partial charge in [0, 0.05) is 25.7 Å². The van der Waals surface area contributed by atoms with Crippen molar-refractivity contribution in [2.24, 2.45) is 5.92 Å². The van der Waals surface area contributed by atoms with Gasteiger partial charge in [0.05, 0.1) is 26.4 Å². The third kappa shape index (κ3) is 66.5. The molecule has 0 aromatic carbocycles. The highest BCUT2D eigenvalue weighted by molar-refractivity contribution is 7.47. The molecule has 0 radical (unpaired) electrons. The van der Waals surface area contributed by atoms with Crippen LogP contribution < -0.4 is 0 Å². The average molecular weight is 1340 g/mol. The van der Waals surface area contributed by atoms with Gasteiger partial charge in [-0.2, -0.15) is 0 Å². The number of rotatable bonds is 72. The number of carbonyl (C=O) groups excluding carboxylic acids is 4. The number of hydrogen-bond donors (Lipinski definition) is 3. The summed E-state index contributed by atoms with van der Waals surface area (Å²) in [6.45, 7) is 7.24. The summed E-state index contributed by atoms with van der Waals surface area (Å²) in [6.07, 6.45) is 52.7. The van der Waals surface area contributed by atoms with Crippen molar-refractivity contribution in [2.75, 3.05) is 39.6 Å². The van der Waals surface area contributed by atoms with Crippen molar-refractivity contribution in [3.05, 3.63) is 0 Å². The molecule has 0 saturated carbocycles. The number of esters is 4. The third-order valence-electron chi connectivity index (χ3n) is 16.8. The minimum absolute atomic E-state index is 0.108. The Labute approximate surface area is 556 Å². The van der Waals surface area contributed by atoms with Crippen LogP contribution in [0.25, 0.3) is 0 Å². The molecule has 2 unspecified atom stereocenters. The van der Waals surface area contributed by atoms with Crippen molar-refractivity contribution in [3.8, 4) is 0 Å². The molecule has 0 spiro atoms. The molecule has 17 nitrogen and oxygen atoms in total. The Bertz CT molecular complexity index is 1750. The first-order valence-corrected chi connectivity index (χ1v) is 40.6. The molecule has 91 heavy (non-hydrogen) atoms. The quantitative estimate of drug-likeness (QED) is 0.0222. The second-order valence-corrected chi connectivity index (χ2v) is 29.4. The maximum Gasteiger partial charge on any atom is 0.472 e. The number of phosphoric acid groups is 2. The molecule has 0 aliphatic carbocycles. The highest BCUT2D eigenvalue weighted by Crippen LogP contribution is 2.45. The highest BCUT2D eigenvalue weighted by atomic mass is 31.2. The van der Waals surface area contributed by atoms with Crippen molar-refractivity contribution < 1.29 is 80.2 Å². The average Bonchev–Trinajstić information content (AvgIpc) is 2.82. The number of ether oxygens (including phenoxy) is 4. The van der Waals surface area contributed by atoms with Crippen molar-refractivity contribution in [1.29, 1.82) is 0 Å². The Hall–Kier alpha value is -1.94. The van der Waals surface area contributed by atoms with Crippen molar-refractivity contribution in [2.45, 2.75) is 393 Å². The van der Waals surface area contributed by atoms with E-state index in [1.807, 2.05) is 0 Å². The summed E-state index contributed by atoms with van der Waals surface area (Å²) in [5, 5.41) is 10.6. The zero-order chi connectivity index (χ0) is 67.0. The van der Waals surface area contributed by atoms with Crippen molar-refractivity contribution in [3.63, 3.8) is 0 Å². The summed E-state index contributed by atoms with van der Waals surface area (Å²) >= 11 is 0. The van der Waals surface area contributed by atoms with E-state index < -0.39 is 97.5 Å². The van der Waals surface area contributed by atoms with Crippen molar-refractivity contribution >= 4 is 39.5 Å². The standard InChI is InChI=1S/C72H140O17P2/c1-6-9-12-15-18-21-23-25-26-27-28-30-32-38-43-48-53-58-72(77)89-68(62-83-70(75)56-51-46-41-36-34-33-35-39-44-49-54-65(4)5)64-87-91(80,81)85-60-66(73)59-84-90(78,79)86-63-67(61-82-69(74)55-50-45-40-20-17-14-11-8-3)88-71(76)57-52-47-42-37-31-29-24-22-19-16-13-10-7-2/h65-68,73H,6-64H2,1-5H3,(H,78,79)(H,80,81)/t66-,67+,68+/m0/s1. The van der Waals surface area contributed by atoms with Crippen LogP contribution in [0.2, 0.25) is 0 Å². The summed E-state index contributed by atoms with van der Waals surface area (Å²) < 4.78 is 68.3. The number of hydrogen-bond acceptors (Lipinski definition) is 15. The molecule has 0 aliphatic rings. The second-order valence-electron chi connectivity index (χ2n) is 26.5. The van der Waals surface area contributed by atoms with Crippen LogP contribution in [0.15, 0.2) is 0 Å². The van der Waals surface area contributed by atoms with E-state index in [0.717, 1.165) is 102 Å². The molecule has 5 atom stereocenters. The topological polar surface area (TPSA) is 237 Å². The summed E-state index contributed by atoms with van der Waals surface area (Å²) in [5.41, 5.74) is 0. The lowest BCUT2D eigenvalue weighted by atomic mass is 10.0. The molecule has 3 N–H and O–H groups in total. The van der Waals surface area contributed by atoms with Gasteiger partial charge in [-0.15, -0.1) is 0 Å². The smallest absolute Gasteiger partial charge is 0.462 e. The minimum Gasteiger partial charge on any atom is -0.462 e. The predicted molar refractivity (Wildman–Crippen MR) is 368 cm³/mol. The number of unbranched alkanes of at least 4 members (excludes halogenated alkanes) is 44. The lowest BCUT2D eigenvalue weighted by Crippen LogP contribution is -2.30. The molecule has 0 aliphatic heterocycles. The van der Waals surface area contributed by atoms with Crippen LogP contribution in [-0.4, -0.2) is 96.7 Å². The molecule has 0 aromatic rings. The maximum absolute atomic E-state index is 13.0. The van der Waals surface area contributed by atoms with E-state index in [0.29, 0.717) is 25.7 Å². The Morgan fingerprint density at radius 3 is 0.747 bits per heavy atom. The van der Waals surface area contributed by atoms with E-state index >= 15 is 0 Å². The van der Waals surface area contributed by atoms with E-state index in [1.54, 1.807) is 0 Å². The van der Waals surface area contributed by atoms with Crippen LogP contribution in [0, 0.1) is 5.92 Å². The molecule has 0 heterocycles. The van der Waals surface area contributed by atoms with Crippen LogP contribution in [0.4, 0.5) is 0 Å². The Morgan fingerprint density at radius 1 is 0.297 bits per heavy atom. The number of phosphoric ester groups is 2. The van der Waals surface area contributed by atoms with Gasteiger partial charge in [0.1, 0.15) is 19.3 Å². The van der Waals surface area contributed by atoms with Crippen LogP contribution in [0.1, 0.15) is 375 Å². The molecular weight excluding hydrogens is 1200 g/mol. The molecule has 0 amide bonds. The monoisotopic (exact) mass is 1340 g/mol. The predicted octanol–water partition coefficient (Wildman–Crippen LogP) is 20.9. The summed E-state index contributed by atoms with van der Waals surface area (Å²) in [5.74, 6) is -1.36. The lowest BCUT2D eigenvalue weighted by Gasteiger charge is -2.21. The fourth-order valence-corrected chi connectivity index (χ4v) is 12.6. The van der Waals surface area contributed by atoms with E-state index in [2.05, 4.69) is 34.6 Å². The summed E-state index contributed by atoms with van der Waals surface area (Å²) in [4.78, 5) is 72.6. The van der Waals surface area contributed by atoms with E-state index in [9.17, 15) is 43.2 Å². The zero-order valence-electron chi connectivity index (χ0n) is 59.0. The largest absolute Gasteiger partial charge is 0.472 e. The second kappa shape index (κ2) is 65.4. The normalized spacial score (nSPS) is 14.0. The highest BCUT2D eigenvalue weighted by Gasteiger charge is 2.30. The van der Waals surface area contributed by atoms with E-state index in [1.165, 1.54) is 193 Å². The first-order valence-electron chi connectivity index (χ1n) is 37.6. The van der Waals surface area contributed by atoms with Gasteiger partial charge in [-0.3, -0.25) is 37.3 Å². The van der Waals surface area contributed by atoms with E-state index in [4.69, 9.17) is 37.0 Å². The SMILES string of the molecule is CCCCCCCCCCCCCCCCCCCC(=O)O[C@H](COC(=O)CCCCCCCCCCCCC(C)C)COP(=O)(O)OC[C@@H](O)COP(=O)(O)OC[C@@H](COC(=O)CCCCCCCCCC)OC(=O)CCCCCCCCCCCCCCC. The van der Waals surface area contributed by atoms with Gasteiger partial charge in [0.15, 0.2) is 12.2 Å². The fraction of sp³-hybridized carbons (Fsp3) is 0.944. The molecular formula is C72H140O17P2. The number of carbonyl (C=O) groups is 4. The molecule has 0 rings (SSSR count). The first-order chi connectivity index (χ1) is 44.0. The van der Waals surface area contributed by atoms with Gasteiger partial charge in [-0.25, -0.2) is 9.13 Å². The van der Waals surface area contributed by atoms with Crippen LogP contribution in [0.5, 0.6) is 0 Å². The number of aliphatic hydroxyl groups excluding tert-OH is 1. The Balaban J connectivity index is 5.21.